The summed E-state index contributed by atoms with van der Waals surface area (Å²) in [6.45, 7) is 5.19. The van der Waals surface area contributed by atoms with E-state index in [1.165, 1.54) is 11.1 Å². The summed E-state index contributed by atoms with van der Waals surface area (Å²) in [6.07, 6.45) is 3.91. The highest BCUT2D eigenvalue weighted by molar-refractivity contribution is 5.76. The Balaban J connectivity index is 1.36. The molecule has 0 saturated carbocycles. The number of ether oxygens (including phenoxy) is 1. The highest BCUT2D eigenvalue weighted by Gasteiger charge is 2.28. The summed E-state index contributed by atoms with van der Waals surface area (Å²) in [7, 11) is 0. The third-order valence-electron chi connectivity index (χ3n) is 6.37. The van der Waals surface area contributed by atoms with Crippen LogP contribution in [0.5, 0.6) is 0 Å². The van der Waals surface area contributed by atoms with Crippen molar-refractivity contribution in [2.75, 3.05) is 39.4 Å². The molecule has 0 unspecified atom stereocenters. The van der Waals surface area contributed by atoms with Gasteiger partial charge in [-0.05, 0) is 36.3 Å². The molecule has 2 heterocycles. The Morgan fingerprint density at radius 3 is 1.97 bits per heavy atom. The van der Waals surface area contributed by atoms with E-state index in [2.05, 4.69) is 70.5 Å². The Kier molecular flexibility index (Phi) is 6.96. The molecule has 0 spiro atoms. The van der Waals surface area contributed by atoms with Crippen LogP contribution in [-0.2, 0) is 9.53 Å². The molecule has 2 aliphatic rings. The summed E-state index contributed by atoms with van der Waals surface area (Å²) >= 11 is 0. The summed E-state index contributed by atoms with van der Waals surface area (Å²) in [6, 6.07) is 21.7. The van der Waals surface area contributed by atoms with Gasteiger partial charge >= 0.3 is 0 Å². The molecule has 0 aromatic heterocycles. The second-order valence-corrected chi connectivity index (χ2v) is 8.24. The quantitative estimate of drug-likeness (QED) is 0.741. The molecule has 2 aromatic rings. The first-order chi connectivity index (χ1) is 14.3. The molecule has 2 fully saturated rings. The number of benzene rings is 2. The molecule has 154 valence electrons. The molecule has 2 saturated heterocycles. The zero-order valence-electron chi connectivity index (χ0n) is 17.2. The van der Waals surface area contributed by atoms with Gasteiger partial charge in [0.1, 0.15) is 0 Å². The minimum Gasteiger partial charge on any atom is -0.381 e. The predicted molar refractivity (Wildman–Crippen MR) is 116 cm³/mol. The van der Waals surface area contributed by atoms with Gasteiger partial charge in [-0.25, -0.2) is 0 Å². The number of amides is 1. The molecule has 29 heavy (non-hydrogen) atoms. The fourth-order valence-corrected chi connectivity index (χ4v) is 4.64. The maximum Gasteiger partial charge on any atom is 0.222 e. The molecule has 2 aliphatic heterocycles. The van der Waals surface area contributed by atoms with Gasteiger partial charge in [0.2, 0.25) is 5.91 Å². The van der Waals surface area contributed by atoms with Crippen LogP contribution in [0.4, 0.5) is 0 Å². The topological polar surface area (TPSA) is 32.8 Å². The highest BCUT2D eigenvalue weighted by Crippen LogP contribution is 2.29. The Morgan fingerprint density at radius 1 is 0.862 bits per heavy atom. The van der Waals surface area contributed by atoms with E-state index in [4.69, 9.17) is 4.74 Å². The molecule has 4 rings (SSSR count). The van der Waals surface area contributed by atoms with E-state index in [0.29, 0.717) is 18.2 Å². The van der Waals surface area contributed by atoms with E-state index < -0.39 is 0 Å². The predicted octanol–water partition coefficient (Wildman–Crippen LogP) is 4.13. The first-order valence-corrected chi connectivity index (χ1v) is 11.0. The van der Waals surface area contributed by atoms with Crippen LogP contribution in [0.1, 0.15) is 42.9 Å². The standard InChI is InChI=1S/C25H32N2O2/c28-24(12-11-21-13-19-29-20-14-21)26-15-17-27(18-16-26)25(22-7-3-1-4-8-22)23-9-5-2-6-10-23/h1-10,21,25H,11-20H2. The van der Waals surface area contributed by atoms with Gasteiger partial charge in [0.25, 0.3) is 0 Å². The third kappa shape index (κ3) is 5.26. The minimum atomic E-state index is 0.247. The number of carbonyl (C=O) groups excluding carboxylic acids is 1. The molecule has 0 bridgehead atoms. The van der Waals surface area contributed by atoms with Crippen molar-refractivity contribution in [2.24, 2.45) is 5.92 Å². The van der Waals surface area contributed by atoms with Crippen LogP contribution in [0.2, 0.25) is 0 Å². The molecular formula is C25H32N2O2. The van der Waals surface area contributed by atoms with Crippen LogP contribution in [0.3, 0.4) is 0 Å². The van der Waals surface area contributed by atoms with Crippen molar-refractivity contribution in [3.63, 3.8) is 0 Å². The lowest BCUT2D eigenvalue weighted by Gasteiger charge is -2.40. The first kappa shape index (κ1) is 20.1. The molecule has 4 nitrogen and oxygen atoms in total. The summed E-state index contributed by atoms with van der Waals surface area (Å²) in [5.74, 6) is 0.988. The lowest BCUT2D eigenvalue weighted by Crippen LogP contribution is -2.49. The van der Waals surface area contributed by atoms with Gasteiger partial charge in [-0.2, -0.15) is 0 Å². The van der Waals surface area contributed by atoms with Crippen molar-refractivity contribution in [1.82, 2.24) is 9.80 Å². The Labute approximate surface area is 174 Å². The molecule has 0 radical (unpaired) electrons. The fourth-order valence-electron chi connectivity index (χ4n) is 4.64. The van der Waals surface area contributed by atoms with Crippen LogP contribution in [0.25, 0.3) is 0 Å². The minimum absolute atomic E-state index is 0.247. The molecule has 0 aliphatic carbocycles. The maximum atomic E-state index is 12.7. The first-order valence-electron chi connectivity index (χ1n) is 11.0. The summed E-state index contributed by atoms with van der Waals surface area (Å²) in [5.41, 5.74) is 2.64. The zero-order chi connectivity index (χ0) is 19.9. The maximum absolute atomic E-state index is 12.7. The van der Waals surface area contributed by atoms with Gasteiger partial charge in [-0.3, -0.25) is 9.69 Å². The Hall–Kier alpha value is -2.17. The van der Waals surface area contributed by atoms with Gasteiger partial charge in [-0.15, -0.1) is 0 Å². The summed E-state index contributed by atoms with van der Waals surface area (Å²) in [4.78, 5) is 17.3. The number of hydrogen-bond acceptors (Lipinski definition) is 3. The number of carbonyl (C=O) groups is 1. The van der Waals surface area contributed by atoms with Crippen LogP contribution in [0.15, 0.2) is 60.7 Å². The molecular weight excluding hydrogens is 360 g/mol. The molecule has 1 amide bonds. The smallest absolute Gasteiger partial charge is 0.222 e. The highest BCUT2D eigenvalue weighted by atomic mass is 16.5. The zero-order valence-corrected chi connectivity index (χ0v) is 17.2. The average molecular weight is 393 g/mol. The number of nitrogens with zero attached hydrogens (tertiary/aromatic N) is 2. The number of rotatable bonds is 6. The lowest BCUT2D eigenvalue weighted by atomic mass is 9.94. The van der Waals surface area contributed by atoms with Crippen LogP contribution in [-0.4, -0.2) is 55.1 Å². The van der Waals surface area contributed by atoms with Crippen LogP contribution >= 0.6 is 0 Å². The fraction of sp³-hybridized carbons (Fsp3) is 0.480. The molecule has 0 atom stereocenters. The largest absolute Gasteiger partial charge is 0.381 e. The van der Waals surface area contributed by atoms with E-state index in [1.54, 1.807) is 0 Å². The normalized spacial score (nSPS) is 18.9. The lowest BCUT2D eigenvalue weighted by molar-refractivity contribution is -0.133. The Bertz CT molecular complexity index is 711. The van der Waals surface area contributed by atoms with Crippen molar-refractivity contribution in [1.29, 1.82) is 0 Å². The summed E-state index contributed by atoms with van der Waals surface area (Å²) in [5, 5.41) is 0. The third-order valence-corrected chi connectivity index (χ3v) is 6.37. The average Bonchev–Trinajstić information content (AvgIpc) is 2.80. The van der Waals surface area contributed by atoms with Gasteiger partial charge in [0, 0.05) is 45.8 Å². The van der Waals surface area contributed by atoms with E-state index >= 15 is 0 Å². The van der Waals surface area contributed by atoms with Crippen molar-refractivity contribution >= 4 is 5.91 Å². The Morgan fingerprint density at radius 2 is 1.41 bits per heavy atom. The molecule has 4 heteroatoms. The summed E-state index contributed by atoms with van der Waals surface area (Å²) < 4.78 is 5.43. The van der Waals surface area contributed by atoms with Gasteiger partial charge in [0.15, 0.2) is 0 Å². The van der Waals surface area contributed by atoms with E-state index in [0.717, 1.165) is 58.7 Å². The second kappa shape index (κ2) is 10.0. The van der Waals surface area contributed by atoms with Crippen LogP contribution < -0.4 is 0 Å². The monoisotopic (exact) mass is 392 g/mol. The van der Waals surface area contributed by atoms with Crippen molar-refractivity contribution in [3.05, 3.63) is 71.8 Å². The number of piperazine rings is 1. The van der Waals surface area contributed by atoms with E-state index in [9.17, 15) is 4.79 Å². The molecule has 2 aromatic carbocycles. The number of hydrogen-bond donors (Lipinski definition) is 0. The van der Waals surface area contributed by atoms with Crippen LogP contribution in [0, 0.1) is 5.92 Å². The SMILES string of the molecule is O=C(CCC1CCOCC1)N1CCN(C(c2ccccc2)c2ccccc2)CC1. The van der Waals surface area contributed by atoms with E-state index in [-0.39, 0.29) is 6.04 Å². The van der Waals surface area contributed by atoms with E-state index in [1.807, 2.05) is 0 Å². The van der Waals surface area contributed by atoms with Gasteiger partial charge < -0.3 is 9.64 Å². The van der Waals surface area contributed by atoms with Gasteiger partial charge in [0.05, 0.1) is 6.04 Å². The van der Waals surface area contributed by atoms with Crippen molar-refractivity contribution in [3.8, 4) is 0 Å². The molecule has 0 N–H and O–H groups in total. The van der Waals surface area contributed by atoms with Gasteiger partial charge in [-0.1, -0.05) is 60.7 Å². The van der Waals surface area contributed by atoms with Crippen molar-refractivity contribution < 1.29 is 9.53 Å². The second-order valence-electron chi connectivity index (χ2n) is 8.24. The van der Waals surface area contributed by atoms with Crippen molar-refractivity contribution in [2.45, 2.75) is 31.7 Å².